The van der Waals surface area contributed by atoms with Gasteiger partial charge in [0.1, 0.15) is 44.7 Å². The largest absolute Gasteiger partial charge is 0.480 e. The van der Waals surface area contributed by atoms with E-state index in [4.69, 9.17) is 43.4 Å². The summed E-state index contributed by atoms with van der Waals surface area (Å²) in [5.74, 6) is -3.76. The molecule has 3 aliphatic rings. The fourth-order valence-electron chi connectivity index (χ4n) is 3.20. The van der Waals surface area contributed by atoms with Crippen molar-refractivity contribution < 1.29 is 77.2 Å². The summed E-state index contributed by atoms with van der Waals surface area (Å²) in [4.78, 5) is 67.0. The van der Waals surface area contributed by atoms with Crippen molar-refractivity contribution in [2.24, 2.45) is 17.3 Å². The smallest absolute Gasteiger partial charge is 0.333 e. The van der Waals surface area contributed by atoms with Gasteiger partial charge < -0.3 is 48.5 Å². The molecule has 0 radical (unpaired) electrons. The van der Waals surface area contributed by atoms with E-state index in [2.05, 4.69) is 6.58 Å². The van der Waals surface area contributed by atoms with E-state index in [0.29, 0.717) is 38.4 Å². The maximum Gasteiger partial charge on any atom is 0.333 e. The van der Waals surface area contributed by atoms with E-state index in [0.717, 1.165) is 31.0 Å². The van der Waals surface area contributed by atoms with Gasteiger partial charge >= 0.3 is 35.8 Å². The maximum absolute atomic E-state index is 11.5. The molecule has 6 unspecified atom stereocenters. The van der Waals surface area contributed by atoms with Crippen LogP contribution in [0.25, 0.3) is 0 Å². The third kappa shape index (κ3) is 36.0. The van der Waals surface area contributed by atoms with Crippen LogP contribution in [0.1, 0.15) is 119 Å². The first-order valence-corrected chi connectivity index (χ1v) is 17.8. The van der Waals surface area contributed by atoms with Crippen LogP contribution >= 0.6 is 0 Å². The Bertz CT molecular complexity index is 1150. The molecule has 3 saturated heterocycles. The summed E-state index contributed by atoms with van der Waals surface area (Å²) in [7, 11) is 0. The second-order valence-electron chi connectivity index (χ2n) is 13.5. The lowest BCUT2D eigenvalue weighted by molar-refractivity contribution is -0.155. The molecule has 6 atom stereocenters. The molecule has 59 heavy (non-hydrogen) atoms. The molecule has 0 aromatic rings. The molecule has 17 heteroatoms. The number of carboxylic acid groups (broad SMARTS) is 2. The molecule has 3 aliphatic heterocycles. The van der Waals surface area contributed by atoms with E-state index in [-0.39, 0.29) is 105 Å². The molecule has 3 rings (SSSR count). The van der Waals surface area contributed by atoms with Crippen LogP contribution in [0.5, 0.6) is 0 Å². The van der Waals surface area contributed by atoms with Gasteiger partial charge in [0.25, 0.3) is 0 Å². The number of aliphatic hydroxyl groups excluding tert-OH is 1. The van der Waals surface area contributed by atoms with Gasteiger partial charge in [0, 0.05) is 5.57 Å². The molecule has 354 valence electrons. The Hall–Kier alpha value is -3.64. The molecule has 0 aromatic carbocycles. The summed E-state index contributed by atoms with van der Waals surface area (Å²) in [5.41, 5.74) is 0.0789. The zero-order valence-corrected chi connectivity index (χ0v) is 32.5. The fourth-order valence-corrected chi connectivity index (χ4v) is 3.20. The van der Waals surface area contributed by atoms with Crippen molar-refractivity contribution in [1.82, 2.24) is 4.90 Å². The number of rotatable bonds is 21. The van der Waals surface area contributed by atoms with Gasteiger partial charge in [0.05, 0.1) is 62.8 Å². The first-order chi connectivity index (χ1) is 24.8. The van der Waals surface area contributed by atoms with Crippen molar-refractivity contribution in [2.45, 2.75) is 144 Å². The summed E-state index contributed by atoms with van der Waals surface area (Å²) >= 11 is 0. The number of nitrogens with zero attached hydrogens (tertiary/aromatic N) is 1. The number of aliphatic carboxylic acids is 2. The molecule has 0 aromatic heterocycles. The Kier molecular flexibility index (Phi) is 44.3. The van der Waals surface area contributed by atoms with Gasteiger partial charge in [-0.25, -0.2) is 4.79 Å². The van der Waals surface area contributed by atoms with Crippen molar-refractivity contribution in [3.05, 3.63) is 12.2 Å². The number of epoxide rings is 3. The van der Waals surface area contributed by atoms with Gasteiger partial charge in [-0.1, -0.05) is 85.8 Å². The van der Waals surface area contributed by atoms with Gasteiger partial charge in [-0.05, 0) is 40.0 Å². The molecular formula is C42H85NO16. The molecule has 3 fully saturated rings. The SMILES string of the molecule is C.C.C.C.C.C.C=C(C)C(=O)OCC1CO1.CCC(C)(C)C(=O)OCC1CO1.CCC(C)C(=O)OCC(CO)N(CC(=O)O)CC(=O)O.CCC(C)C(=O)OCC1CO1. The van der Waals surface area contributed by atoms with Crippen LogP contribution in [0, 0.1) is 17.3 Å². The van der Waals surface area contributed by atoms with E-state index in [9.17, 15) is 33.9 Å². The highest BCUT2D eigenvalue weighted by molar-refractivity contribution is 5.86. The number of esters is 4. The second-order valence-corrected chi connectivity index (χ2v) is 13.5. The molecule has 0 amide bonds. The Morgan fingerprint density at radius 3 is 1.36 bits per heavy atom. The van der Waals surface area contributed by atoms with Gasteiger partial charge in [-0.2, -0.15) is 0 Å². The highest BCUT2D eigenvalue weighted by Crippen LogP contribution is 2.22. The molecule has 0 bridgehead atoms. The standard InChI is InChI=1S/C12H21NO7.C9H16O3.C8H14O3.C7H10O3.6CH4/c1-3-8(2)12(19)20-7-9(6-14)13(4-10(15)16)5-11(17)18;1-4-9(2,3)8(10)12-6-7-5-11-7;1-3-6(2)8(9)11-5-7-4-10-7;1-5(2)7(8)10-4-6-3-9-6;;;;;;/h8-9,14H,3-7H2,1-2H3,(H,15,16)(H,17,18);7H,4-6H2,1-3H3;6-7H,3-5H2,1-2H3;6H,1,3-4H2,2H3;6*1H4. The zero-order chi connectivity index (χ0) is 40.7. The second kappa shape index (κ2) is 37.4. The molecule has 17 nitrogen and oxygen atoms in total. The normalized spacial score (nSPS) is 17.4. The van der Waals surface area contributed by atoms with Crippen LogP contribution in [-0.2, 0) is 61.9 Å². The minimum atomic E-state index is -1.22. The monoisotopic (exact) mass is 860 g/mol. The lowest BCUT2D eigenvalue weighted by Gasteiger charge is -2.27. The van der Waals surface area contributed by atoms with Gasteiger partial charge in [-0.3, -0.25) is 28.9 Å². The number of aliphatic hydroxyl groups is 1. The molecule has 3 heterocycles. The zero-order valence-electron chi connectivity index (χ0n) is 32.5. The van der Waals surface area contributed by atoms with Gasteiger partial charge in [-0.15, -0.1) is 0 Å². The molecule has 0 saturated carbocycles. The van der Waals surface area contributed by atoms with Crippen LogP contribution in [0.4, 0.5) is 0 Å². The minimum Gasteiger partial charge on any atom is -0.480 e. The lowest BCUT2D eigenvalue weighted by Crippen LogP contribution is -2.47. The average Bonchev–Trinajstić information content (AvgIpc) is 3.96. The number of hydrogen-bond donors (Lipinski definition) is 3. The number of ether oxygens (including phenoxy) is 7. The quantitative estimate of drug-likeness (QED) is 0.0514. The summed E-state index contributed by atoms with van der Waals surface area (Å²) in [5, 5.41) is 26.7. The van der Waals surface area contributed by atoms with Crippen molar-refractivity contribution in [2.75, 3.05) is 65.9 Å². The van der Waals surface area contributed by atoms with Gasteiger partial charge in [0.15, 0.2) is 0 Å². The Balaban J connectivity index is -0.000000122. The number of carbonyl (C=O) groups is 6. The van der Waals surface area contributed by atoms with E-state index in [1.165, 1.54) is 0 Å². The summed E-state index contributed by atoms with van der Waals surface area (Å²) in [6.45, 7) is 19.7. The predicted octanol–water partition coefficient (Wildman–Crippen LogP) is 6.07. The lowest BCUT2D eigenvalue weighted by atomic mass is 9.91. The Morgan fingerprint density at radius 1 is 0.695 bits per heavy atom. The first-order valence-electron chi connectivity index (χ1n) is 17.8. The van der Waals surface area contributed by atoms with E-state index in [1.54, 1.807) is 13.8 Å². The summed E-state index contributed by atoms with van der Waals surface area (Å²) in [6.07, 6.45) is 2.73. The molecule has 0 aliphatic carbocycles. The Morgan fingerprint density at radius 2 is 1.05 bits per heavy atom. The van der Waals surface area contributed by atoms with Gasteiger partial charge in [0.2, 0.25) is 0 Å². The predicted molar refractivity (Wildman–Crippen MR) is 229 cm³/mol. The van der Waals surface area contributed by atoms with E-state index >= 15 is 0 Å². The van der Waals surface area contributed by atoms with Crippen molar-refractivity contribution in [3.8, 4) is 0 Å². The van der Waals surface area contributed by atoms with Crippen LogP contribution in [0.2, 0.25) is 0 Å². The maximum atomic E-state index is 11.5. The van der Waals surface area contributed by atoms with Crippen LogP contribution in [0.3, 0.4) is 0 Å². The van der Waals surface area contributed by atoms with Crippen molar-refractivity contribution >= 4 is 35.8 Å². The first kappa shape index (κ1) is 69.9. The minimum absolute atomic E-state index is 0. The van der Waals surface area contributed by atoms with Crippen molar-refractivity contribution in [3.63, 3.8) is 0 Å². The van der Waals surface area contributed by atoms with Crippen molar-refractivity contribution in [1.29, 1.82) is 0 Å². The topological polar surface area (TPSA) is 241 Å². The third-order valence-corrected chi connectivity index (χ3v) is 8.06. The fraction of sp³-hybridized carbons (Fsp3) is 0.810. The average molecular weight is 860 g/mol. The summed E-state index contributed by atoms with van der Waals surface area (Å²) < 4.78 is 34.4. The highest BCUT2D eigenvalue weighted by Gasteiger charge is 2.31. The highest BCUT2D eigenvalue weighted by atomic mass is 16.6. The van der Waals surface area contributed by atoms with E-state index in [1.807, 2.05) is 41.5 Å². The third-order valence-electron chi connectivity index (χ3n) is 8.06. The van der Waals surface area contributed by atoms with E-state index < -0.39 is 43.6 Å². The molecule has 0 spiro atoms. The number of carbonyl (C=O) groups excluding carboxylic acids is 4. The van der Waals surface area contributed by atoms with Crippen LogP contribution in [-0.4, -0.2) is 146 Å². The van der Waals surface area contributed by atoms with Crippen LogP contribution in [0.15, 0.2) is 12.2 Å². The Labute approximate surface area is 356 Å². The van der Waals surface area contributed by atoms with Crippen LogP contribution < -0.4 is 0 Å². The molecular weight excluding hydrogens is 774 g/mol. The number of carboxylic acids is 2. The number of hydrogen-bond acceptors (Lipinski definition) is 15. The molecule has 3 N–H and O–H groups in total. The summed E-state index contributed by atoms with van der Waals surface area (Å²) in [6, 6.07) is -0.866.